The highest BCUT2D eigenvalue weighted by Crippen LogP contribution is 2.40. The van der Waals surface area contributed by atoms with Crippen LogP contribution in [0.5, 0.6) is 0 Å². The number of aromatic nitrogens is 4. The summed E-state index contributed by atoms with van der Waals surface area (Å²) in [6.07, 6.45) is 6.72. The third kappa shape index (κ3) is 5.35. The summed E-state index contributed by atoms with van der Waals surface area (Å²) < 4.78 is 6.02. The summed E-state index contributed by atoms with van der Waals surface area (Å²) in [6.45, 7) is 8.19. The Hall–Kier alpha value is -5.35. The van der Waals surface area contributed by atoms with E-state index in [2.05, 4.69) is 37.4 Å². The molecule has 0 fully saturated rings. The molecule has 0 spiro atoms. The summed E-state index contributed by atoms with van der Waals surface area (Å²) in [5, 5.41) is 25.6. The standard InChI is InChI=1S/C33H31N7O3/c1-4-15-40-32(42)24-13-12-23(16-26(24)33(40,2)3)36-29-17-27(37-28(20-41)21-9-6-5-7-10-21)25(19-35-29)31-39-38-30(43-31)22-11-8-14-34-18-22/h4-14,16-19,28,41H,1,15,20H2,2-3H3,(H2,35,36,37)/t28-/m1/s1. The Balaban J connectivity index is 1.35. The summed E-state index contributed by atoms with van der Waals surface area (Å²) >= 11 is 0. The van der Waals surface area contributed by atoms with Gasteiger partial charge in [-0.3, -0.25) is 9.78 Å². The summed E-state index contributed by atoms with van der Waals surface area (Å²) in [4.78, 5) is 23.6. The van der Waals surface area contributed by atoms with Gasteiger partial charge in [-0.1, -0.05) is 36.4 Å². The van der Waals surface area contributed by atoms with Crippen molar-refractivity contribution < 1.29 is 14.3 Å². The molecule has 1 aliphatic heterocycles. The lowest BCUT2D eigenvalue weighted by molar-refractivity contribution is 0.0652. The van der Waals surface area contributed by atoms with Crippen molar-refractivity contribution in [2.24, 2.45) is 0 Å². The van der Waals surface area contributed by atoms with E-state index in [0.717, 1.165) is 16.8 Å². The molecular formula is C33H31N7O3. The molecule has 3 aromatic heterocycles. The van der Waals surface area contributed by atoms with Gasteiger partial charge in [0, 0.05) is 42.5 Å². The number of nitrogens with zero attached hydrogens (tertiary/aromatic N) is 5. The van der Waals surface area contributed by atoms with Crippen LogP contribution in [0.1, 0.15) is 41.4 Å². The number of hydrogen-bond acceptors (Lipinski definition) is 9. The molecular weight excluding hydrogens is 542 g/mol. The maximum atomic E-state index is 13.0. The third-order valence-corrected chi connectivity index (χ3v) is 7.60. The second-order valence-corrected chi connectivity index (χ2v) is 10.7. The zero-order valence-corrected chi connectivity index (χ0v) is 23.9. The van der Waals surface area contributed by atoms with Gasteiger partial charge in [0.1, 0.15) is 5.82 Å². The lowest BCUT2D eigenvalue weighted by atomic mass is 9.93. The van der Waals surface area contributed by atoms with Gasteiger partial charge in [-0.25, -0.2) is 4.98 Å². The van der Waals surface area contributed by atoms with Crippen molar-refractivity contribution in [2.75, 3.05) is 23.8 Å². The van der Waals surface area contributed by atoms with E-state index in [4.69, 9.17) is 4.42 Å². The number of nitrogens with one attached hydrogen (secondary N) is 2. The first-order chi connectivity index (χ1) is 20.9. The molecule has 3 N–H and O–H groups in total. The van der Waals surface area contributed by atoms with Gasteiger partial charge in [-0.05, 0) is 55.3 Å². The lowest BCUT2D eigenvalue weighted by Crippen LogP contribution is -2.39. The fraction of sp³-hybridized carbons (Fsp3) is 0.182. The highest BCUT2D eigenvalue weighted by Gasteiger charge is 2.42. The van der Waals surface area contributed by atoms with Crippen molar-refractivity contribution in [3.8, 4) is 22.9 Å². The minimum Gasteiger partial charge on any atom is -0.416 e. The van der Waals surface area contributed by atoms with Crippen molar-refractivity contribution in [3.63, 3.8) is 0 Å². The second kappa shape index (κ2) is 11.5. The predicted octanol–water partition coefficient (Wildman–Crippen LogP) is 5.96. The average Bonchev–Trinajstić information content (AvgIpc) is 3.59. The van der Waals surface area contributed by atoms with Crippen LogP contribution in [0.4, 0.5) is 17.2 Å². The lowest BCUT2D eigenvalue weighted by Gasteiger charge is -2.31. The smallest absolute Gasteiger partial charge is 0.255 e. The van der Waals surface area contributed by atoms with Gasteiger partial charge < -0.3 is 25.1 Å². The highest BCUT2D eigenvalue weighted by molar-refractivity contribution is 6.00. The van der Waals surface area contributed by atoms with E-state index in [-0.39, 0.29) is 18.4 Å². The van der Waals surface area contributed by atoms with E-state index in [9.17, 15) is 9.90 Å². The third-order valence-electron chi connectivity index (χ3n) is 7.60. The second-order valence-electron chi connectivity index (χ2n) is 10.7. The van der Waals surface area contributed by atoms with Crippen LogP contribution >= 0.6 is 0 Å². The number of fused-ring (bicyclic) bond motifs is 1. The minimum absolute atomic E-state index is 0.0124. The molecule has 1 aliphatic rings. The molecule has 43 heavy (non-hydrogen) atoms. The van der Waals surface area contributed by atoms with Gasteiger partial charge >= 0.3 is 0 Å². The number of carbonyl (C=O) groups excluding carboxylic acids is 1. The van der Waals surface area contributed by atoms with Gasteiger partial charge in [0.15, 0.2) is 0 Å². The molecule has 1 atom stereocenters. The number of rotatable bonds is 10. The number of aliphatic hydroxyl groups is 1. The number of carbonyl (C=O) groups is 1. The van der Waals surface area contributed by atoms with Crippen molar-refractivity contribution in [2.45, 2.75) is 25.4 Å². The van der Waals surface area contributed by atoms with Crippen LogP contribution in [-0.2, 0) is 5.54 Å². The van der Waals surface area contributed by atoms with Crippen LogP contribution in [0.2, 0.25) is 0 Å². The van der Waals surface area contributed by atoms with Gasteiger partial charge in [0.05, 0.1) is 35.0 Å². The van der Waals surface area contributed by atoms with Crippen LogP contribution in [0, 0.1) is 0 Å². The molecule has 2 aromatic carbocycles. The maximum Gasteiger partial charge on any atom is 0.255 e. The molecule has 10 heteroatoms. The molecule has 0 saturated heterocycles. The first kappa shape index (κ1) is 27.8. The zero-order valence-electron chi connectivity index (χ0n) is 23.9. The summed E-state index contributed by atoms with van der Waals surface area (Å²) in [6, 6.07) is 20.4. The fourth-order valence-electron chi connectivity index (χ4n) is 5.31. The van der Waals surface area contributed by atoms with Gasteiger partial charge in [0.25, 0.3) is 11.8 Å². The highest BCUT2D eigenvalue weighted by atomic mass is 16.4. The molecule has 0 aliphatic carbocycles. The number of pyridine rings is 2. The van der Waals surface area contributed by atoms with Gasteiger partial charge in [-0.15, -0.1) is 16.8 Å². The topological polar surface area (TPSA) is 129 Å². The Kier molecular flexibility index (Phi) is 7.43. The van der Waals surface area contributed by atoms with E-state index in [1.54, 1.807) is 30.7 Å². The number of anilines is 3. The molecule has 1 amide bonds. The molecule has 216 valence electrons. The van der Waals surface area contributed by atoms with E-state index in [0.29, 0.717) is 40.6 Å². The van der Waals surface area contributed by atoms with Gasteiger partial charge in [-0.2, -0.15) is 0 Å². The molecule has 0 bridgehead atoms. The average molecular weight is 574 g/mol. The first-order valence-electron chi connectivity index (χ1n) is 13.9. The Bertz CT molecular complexity index is 1770. The molecule has 0 radical (unpaired) electrons. The predicted molar refractivity (Wildman–Crippen MR) is 165 cm³/mol. The fourth-order valence-corrected chi connectivity index (χ4v) is 5.31. The number of benzene rings is 2. The van der Waals surface area contributed by atoms with E-state index >= 15 is 0 Å². The van der Waals surface area contributed by atoms with Crippen LogP contribution in [0.15, 0.2) is 102 Å². The summed E-state index contributed by atoms with van der Waals surface area (Å²) in [7, 11) is 0. The Morgan fingerprint density at radius 3 is 2.58 bits per heavy atom. The Morgan fingerprint density at radius 1 is 1.02 bits per heavy atom. The Morgan fingerprint density at radius 2 is 1.84 bits per heavy atom. The van der Waals surface area contributed by atoms with Crippen LogP contribution < -0.4 is 10.6 Å². The molecule has 4 heterocycles. The van der Waals surface area contributed by atoms with Crippen molar-refractivity contribution in [1.82, 2.24) is 25.1 Å². The number of aliphatic hydroxyl groups excluding tert-OH is 1. The Labute approximate surface area is 249 Å². The quantitative estimate of drug-likeness (QED) is 0.173. The SMILES string of the molecule is C=CCN1C(=O)c2ccc(Nc3cc(N[C@H](CO)c4ccccc4)c(-c4nnc(-c5cccnc5)o4)cn3)cc2C1(C)C. The van der Waals surface area contributed by atoms with Crippen LogP contribution in [-0.4, -0.2) is 49.2 Å². The van der Waals surface area contributed by atoms with Crippen LogP contribution in [0.25, 0.3) is 22.9 Å². The van der Waals surface area contributed by atoms with E-state index in [1.807, 2.05) is 79.4 Å². The van der Waals surface area contributed by atoms with Crippen molar-refractivity contribution in [3.05, 3.63) is 115 Å². The number of amides is 1. The number of hydrogen-bond donors (Lipinski definition) is 3. The van der Waals surface area contributed by atoms with E-state index in [1.165, 1.54) is 0 Å². The normalized spacial score (nSPS) is 14.3. The summed E-state index contributed by atoms with van der Waals surface area (Å²) in [5.74, 6) is 1.14. The maximum absolute atomic E-state index is 13.0. The molecule has 0 saturated carbocycles. The van der Waals surface area contributed by atoms with Crippen molar-refractivity contribution >= 4 is 23.1 Å². The van der Waals surface area contributed by atoms with Gasteiger partial charge in [0.2, 0.25) is 5.89 Å². The van der Waals surface area contributed by atoms with E-state index < -0.39 is 11.6 Å². The molecule has 6 rings (SSSR count). The van der Waals surface area contributed by atoms with Crippen LogP contribution in [0.3, 0.4) is 0 Å². The molecule has 10 nitrogen and oxygen atoms in total. The monoisotopic (exact) mass is 573 g/mol. The van der Waals surface area contributed by atoms with Crippen molar-refractivity contribution in [1.29, 1.82) is 0 Å². The zero-order chi connectivity index (χ0) is 30.0. The molecule has 5 aromatic rings. The minimum atomic E-state index is -0.490. The summed E-state index contributed by atoms with van der Waals surface area (Å²) in [5.41, 5.74) is 4.72. The first-order valence-corrected chi connectivity index (χ1v) is 13.9. The molecule has 0 unspecified atom stereocenters. The largest absolute Gasteiger partial charge is 0.416 e.